The summed E-state index contributed by atoms with van der Waals surface area (Å²) in [6.07, 6.45) is 3.07. The second-order valence-electron chi connectivity index (χ2n) is 8.06. The molecule has 1 amide bonds. The van der Waals surface area contributed by atoms with Crippen LogP contribution in [0.1, 0.15) is 41.6 Å². The van der Waals surface area contributed by atoms with E-state index in [9.17, 15) is 9.59 Å². The molecule has 29 heavy (non-hydrogen) atoms. The van der Waals surface area contributed by atoms with Gasteiger partial charge in [0, 0.05) is 24.7 Å². The fourth-order valence-corrected chi connectivity index (χ4v) is 4.74. The Kier molecular flexibility index (Phi) is 5.41. The van der Waals surface area contributed by atoms with Crippen molar-refractivity contribution in [3.05, 3.63) is 59.7 Å². The van der Waals surface area contributed by atoms with Gasteiger partial charge in [0.2, 0.25) is 5.91 Å². The third-order valence-corrected chi connectivity index (χ3v) is 6.49. The summed E-state index contributed by atoms with van der Waals surface area (Å²) < 4.78 is 5.14. The van der Waals surface area contributed by atoms with Gasteiger partial charge in [0.05, 0.1) is 12.5 Å². The van der Waals surface area contributed by atoms with E-state index in [1.807, 2.05) is 54.4 Å². The van der Waals surface area contributed by atoms with Crippen molar-refractivity contribution in [1.29, 1.82) is 0 Å². The van der Waals surface area contributed by atoms with Crippen LogP contribution in [-0.4, -0.2) is 50.4 Å². The zero-order valence-corrected chi connectivity index (χ0v) is 17.2. The summed E-state index contributed by atoms with van der Waals surface area (Å²) in [6, 6.07) is 15.5. The van der Waals surface area contributed by atoms with Gasteiger partial charge in [0.25, 0.3) is 0 Å². The molecule has 1 saturated heterocycles. The molecule has 0 bridgehead atoms. The second kappa shape index (κ2) is 7.99. The number of nitrogens with zero attached hydrogens (tertiary/aromatic N) is 2. The average Bonchev–Trinajstić information content (AvgIpc) is 2.97. The first-order valence-corrected chi connectivity index (χ1v) is 10.3. The van der Waals surface area contributed by atoms with Crippen LogP contribution in [0.2, 0.25) is 0 Å². The van der Waals surface area contributed by atoms with Crippen molar-refractivity contribution < 1.29 is 14.3 Å². The van der Waals surface area contributed by atoms with Crippen LogP contribution in [0.3, 0.4) is 0 Å². The predicted octanol–water partition coefficient (Wildman–Crippen LogP) is 3.67. The number of fused-ring (bicyclic) bond motifs is 2. The Morgan fingerprint density at radius 3 is 2.45 bits per heavy atom. The zero-order chi connectivity index (χ0) is 20.4. The number of ether oxygens (including phenoxy) is 1. The van der Waals surface area contributed by atoms with Crippen molar-refractivity contribution >= 4 is 17.4 Å². The Labute approximate surface area is 172 Å². The molecule has 0 atom stereocenters. The maximum absolute atomic E-state index is 13.0. The Bertz CT molecular complexity index is 899. The number of Topliss-reactive ketones (excluding diaryl/α,β-unsaturated/α-hetero) is 1. The number of ketones is 1. The monoisotopic (exact) mass is 392 g/mol. The number of carbonyl (C=O) groups excluding carboxylic acids is 2. The van der Waals surface area contributed by atoms with Crippen LogP contribution in [0.4, 0.5) is 5.69 Å². The molecule has 0 saturated carbocycles. The van der Waals surface area contributed by atoms with Gasteiger partial charge in [0.1, 0.15) is 5.75 Å². The van der Waals surface area contributed by atoms with E-state index >= 15 is 0 Å². The fourth-order valence-electron chi connectivity index (χ4n) is 4.74. The molecule has 0 aliphatic carbocycles. The van der Waals surface area contributed by atoms with E-state index in [2.05, 4.69) is 11.0 Å². The minimum atomic E-state index is -0.360. The highest BCUT2D eigenvalue weighted by Gasteiger charge is 2.50. The molecule has 1 spiro atoms. The van der Waals surface area contributed by atoms with Gasteiger partial charge >= 0.3 is 0 Å². The number of anilines is 1. The third kappa shape index (κ3) is 3.55. The molecule has 0 unspecified atom stereocenters. The molecular weight excluding hydrogens is 364 g/mol. The van der Waals surface area contributed by atoms with Crippen LogP contribution in [0, 0.1) is 0 Å². The quantitative estimate of drug-likeness (QED) is 0.704. The van der Waals surface area contributed by atoms with Gasteiger partial charge in [-0.05, 0) is 74.8 Å². The van der Waals surface area contributed by atoms with Crippen LogP contribution in [0.15, 0.2) is 48.5 Å². The summed E-state index contributed by atoms with van der Waals surface area (Å²) in [5, 5.41) is 0. The lowest BCUT2D eigenvalue weighted by Gasteiger charge is -2.38. The number of para-hydroxylation sites is 1. The maximum Gasteiger partial charge on any atom is 0.237 e. The van der Waals surface area contributed by atoms with Crippen molar-refractivity contribution in [1.82, 2.24) is 4.90 Å². The van der Waals surface area contributed by atoms with Gasteiger partial charge in [0.15, 0.2) is 5.78 Å². The molecule has 0 radical (unpaired) electrons. The van der Waals surface area contributed by atoms with Crippen molar-refractivity contribution in [3.8, 4) is 5.75 Å². The Hall–Kier alpha value is -2.66. The van der Waals surface area contributed by atoms with Crippen molar-refractivity contribution in [3.63, 3.8) is 0 Å². The lowest BCUT2D eigenvalue weighted by molar-refractivity contribution is -0.124. The number of methoxy groups -OCH3 is 1. The van der Waals surface area contributed by atoms with Gasteiger partial charge in [-0.1, -0.05) is 18.2 Å². The second-order valence-corrected chi connectivity index (χ2v) is 8.06. The van der Waals surface area contributed by atoms with E-state index < -0.39 is 0 Å². The van der Waals surface area contributed by atoms with Gasteiger partial charge in [-0.25, -0.2) is 0 Å². The highest BCUT2D eigenvalue weighted by molar-refractivity contribution is 6.07. The molecular formula is C24H28N2O3. The number of rotatable bonds is 6. The average molecular weight is 392 g/mol. The van der Waals surface area contributed by atoms with Crippen LogP contribution in [0.25, 0.3) is 0 Å². The summed E-state index contributed by atoms with van der Waals surface area (Å²) in [7, 11) is 3.50. The summed E-state index contributed by atoms with van der Waals surface area (Å²) in [6.45, 7) is 2.68. The van der Waals surface area contributed by atoms with Gasteiger partial charge in [-0.15, -0.1) is 0 Å². The molecule has 0 N–H and O–H groups in total. The van der Waals surface area contributed by atoms with E-state index in [0.717, 1.165) is 55.9 Å². The topological polar surface area (TPSA) is 49.9 Å². The number of carbonyl (C=O) groups is 2. The largest absolute Gasteiger partial charge is 0.497 e. The number of hydrogen-bond acceptors (Lipinski definition) is 4. The highest BCUT2D eigenvalue weighted by atomic mass is 16.5. The summed E-state index contributed by atoms with van der Waals surface area (Å²) in [5.74, 6) is 1.16. The SMILES string of the molecule is COc1ccc(C(=O)CCCN2CCC3(CC2)C(=O)N(C)c2ccccc23)cc1. The number of benzene rings is 2. The molecule has 152 valence electrons. The lowest BCUT2D eigenvalue weighted by Crippen LogP contribution is -2.48. The normalized spacial score (nSPS) is 18.1. The van der Waals surface area contributed by atoms with Crippen LogP contribution < -0.4 is 9.64 Å². The Morgan fingerprint density at radius 1 is 1.07 bits per heavy atom. The number of hydrogen-bond donors (Lipinski definition) is 0. The summed E-state index contributed by atoms with van der Waals surface area (Å²) in [5.41, 5.74) is 2.61. The molecule has 5 heteroatoms. The Balaban J connectivity index is 1.30. The molecule has 2 aromatic rings. The lowest BCUT2D eigenvalue weighted by atomic mass is 9.73. The zero-order valence-electron chi connectivity index (χ0n) is 17.2. The molecule has 2 aliphatic heterocycles. The Morgan fingerprint density at radius 2 is 1.76 bits per heavy atom. The molecule has 4 rings (SSSR count). The first-order chi connectivity index (χ1) is 14.0. The van der Waals surface area contributed by atoms with E-state index in [-0.39, 0.29) is 17.1 Å². The number of amides is 1. The number of likely N-dealkylation sites (tertiary alicyclic amines) is 1. The fraction of sp³-hybridized carbons (Fsp3) is 0.417. The molecule has 2 aromatic carbocycles. The minimum absolute atomic E-state index is 0.169. The highest BCUT2D eigenvalue weighted by Crippen LogP contribution is 2.47. The van der Waals surface area contributed by atoms with E-state index in [0.29, 0.717) is 6.42 Å². The van der Waals surface area contributed by atoms with Crippen LogP contribution >= 0.6 is 0 Å². The molecule has 2 heterocycles. The predicted molar refractivity (Wildman–Crippen MR) is 114 cm³/mol. The summed E-state index contributed by atoms with van der Waals surface area (Å²) >= 11 is 0. The molecule has 5 nitrogen and oxygen atoms in total. The van der Waals surface area contributed by atoms with Crippen LogP contribution in [-0.2, 0) is 10.2 Å². The number of likely N-dealkylation sites (N-methyl/N-ethyl adjacent to an activating group) is 1. The third-order valence-electron chi connectivity index (χ3n) is 6.49. The van der Waals surface area contributed by atoms with Gasteiger partial charge < -0.3 is 14.5 Å². The van der Waals surface area contributed by atoms with Gasteiger partial charge in [-0.2, -0.15) is 0 Å². The van der Waals surface area contributed by atoms with Crippen LogP contribution in [0.5, 0.6) is 5.75 Å². The van der Waals surface area contributed by atoms with Crippen molar-refractivity contribution in [2.24, 2.45) is 0 Å². The molecule has 2 aliphatic rings. The minimum Gasteiger partial charge on any atom is -0.497 e. The standard InChI is InChI=1S/C24H28N2O3/c1-25-21-7-4-3-6-20(21)24(23(25)28)13-16-26(17-14-24)15-5-8-22(27)18-9-11-19(29-2)12-10-18/h3-4,6-7,9-12H,5,8,13-17H2,1-2H3. The van der Waals surface area contributed by atoms with E-state index in [4.69, 9.17) is 4.74 Å². The van der Waals surface area contributed by atoms with E-state index in [1.165, 1.54) is 5.56 Å². The smallest absolute Gasteiger partial charge is 0.237 e. The maximum atomic E-state index is 13.0. The van der Waals surface area contributed by atoms with E-state index in [1.54, 1.807) is 7.11 Å². The molecule has 0 aromatic heterocycles. The van der Waals surface area contributed by atoms with Gasteiger partial charge in [-0.3, -0.25) is 9.59 Å². The summed E-state index contributed by atoms with van der Waals surface area (Å²) in [4.78, 5) is 29.6. The first-order valence-electron chi connectivity index (χ1n) is 10.3. The molecule has 1 fully saturated rings. The number of piperidine rings is 1. The first kappa shape index (κ1) is 19.6. The van der Waals surface area contributed by atoms with Crippen molar-refractivity contribution in [2.45, 2.75) is 31.1 Å². The van der Waals surface area contributed by atoms with Crippen molar-refractivity contribution in [2.75, 3.05) is 38.7 Å².